The van der Waals surface area contributed by atoms with Gasteiger partial charge in [-0.1, -0.05) is 12.1 Å². The third-order valence-corrected chi connectivity index (χ3v) is 4.68. The minimum atomic E-state index is -4.63. The third-order valence-electron chi connectivity index (χ3n) is 4.68. The number of carbonyl (C=O) groups is 1. The fraction of sp³-hybridized carbons (Fsp3) is 0.263. The Balaban J connectivity index is 1.76. The second kappa shape index (κ2) is 7.79. The fourth-order valence-electron chi connectivity index (χ4n) is 3.24. The molecule has 1 amide bonds. The number of anilines is 1. The highest BCUT2D eigenvalue weighted by Crippen LogP contribution is 2.33. The van der Waals surface area contributed by atoms with Crippen LogP contribution in [0.2, 0.25) is 0 Å². The Labute approximate surface area is 163 Å². The molecule has 29 heavy (non-hydrogen) atoms. The molecule has 0 spiro atoms. The van der Waals surface area contributed by atoms with E-state index in [0.29, 0.717) is 5.69 Å². The highest BCUT2D eigenvalue weighted by atomic mass is 19.4. The molecule has 1 aliphatic heterocycles. The number of hydrogen-bond donors (Lipinski definition) is 0. The molecule has 10 heteroatoms. The van der Waals surface area contributed by atoms with Gasteiger partial charge in [0.2, 0.25) is 0 Å². The minimum Gasteiger partial charge on any atom is -0.367 e. The third kappa shape index (κ3) is 4.13. The molecular weight excluding hydrogens is 389 g/mol. The Morgan fingerprint density at radius 1 is 1.10 bits per heavy atom. The Kier molecular flexibility index (Phi) is 5.41. The van der Waals surface area contributed by atoms with E-state index < -0.39 is 28.1 Å². The van der Waals surface area contributed by atoms with Gasteiger partial charge in [-0.3, -0.25) is 14.9 Å². The number of halogens is 3. The number of nitrogens with zero attached hydrogens (tertiary/aromatic N) is 4. The molecule has 0 aromatic heterocycles. The van der Waals surface area contributed by atoms with Crippen molar-refractivity contribution in [2.45, 2.75) is 6.18 Å². The predicted molar refractivity (Wildman–Crippen MR) is 97.4 cm³/mol. The van der Waals surface area contributed by atoms with Crippen LogP contribution >= 0.6 is 0 Å². The van der Waals surface area contributed by atoms with Gasteiger partial charge in [0, 0.05) is 38.3 Å². The normalized spacial score (nSPS) is 14.4. The average molecular weight is 404 g/mol. The molecule has 2 aromatic carbocycles. The largest absolute Gasteiger partial charge is 0.417 e. The smallest absolute Gasteiger partial charge is 0.367 e. The van der Waals surface area contributed by atoms with Gasteiger partial charge in [0.05, 0.1) is 27.3 Å². The number of piperazine rings is 1. The fourth-order valence-corrected chi connectivity index (χ4v) is 3.24. The summed E-state index contributed by atoms with van der Waals surface area (Å²) in [5.74, 6) is -0.707. The second-order valence-electron chi connectivity index (χ2n) is 6.39. The predicted octanol–water partition coefficient (Wildman–Crippen LogP) is 3.45. The molecule has 1 heterocycles. The molecule has 0 aliphatic carbocycles. The molecule has 1 aliphatic rings. The molecule has 1 saturated heterocycles. The van der Waals surface area contributed by atoms with E-state index in [4.69, 9.17) is 0 Å². The van der Waals surface area contributed by atoms with Gasteiger partial charge in [0.15, 0.2) is 0 Å². The monoisotopic (exact) mass is 404 g/mol. The van der Waals surface area contributed by atoms with E-state index >= 15 is 0 Å². The standard InChI is InChI=1S/C19H15F3N4O3/c20-19(21,22)16-4-2-1-3-15(16)18(27)25-9-7-24(8-10-25)17-6-5-14(26(28)29)11-13(17)12-23/h1-6,11H,7-10H2. The molecule has 0 atom stereocenters. The van der Waals surface area contributed by atoms with Gasteiger partial charge in [0.1, 0.15) is 6.07 Å². The SMILES string of the molecule is N#Cc1cc([N+](=O)[O-])ccc1N1CCN(C(=O)c2ccccc2C(F)(F)F)CC1. The van der Waals surface area contributed by atoms with Crippen molar-refractivity contribution < 1.29 is 22.9 Å². The zero-order valence-electron chi connectivity index (χ0n) is 15.0. The highest BCUT2D eigenvalue weighted by Gasteiger charge is 2.36. The summed E-state index contributed by atoms with van der Waals surface area (Å²) in [6, 6.07) is 10.5. The molecule has 1 fully saturated rings. The van der Waals surface area contributed by atoms with Crippen molar-refractivity contribution in [3.63, 3.8) is 0 Å². The van der Waals surface area contributed by atoms with Crippen LogP contribution in [-0.4, -0.2) is 41.9 Å². The van der Waals surface area contributed by atoms with E-state index in [9.17, 15) is 33.3 Å². The number of benzene rings is 2. The lowest BCUT2D eigenvalue weighted by atomic mass is 10.1. The molecule has 0 saturated carbocycles. The summed E-state index contributed by atoms with van der Waals surface area (Å²) in [5, 5.41) is 20.1. The van der Waals surface area contributed by atoms with Crippen LogP contribution in [0.1, 0.15) is 21.5 Å². The van der Waals surface area contributed by atoms with E-state index in [0.717, 1.165) is 12.1 Å². The van der Waals surface area contributed by atoms with Crippen LogP contribution in [0.4, 0.5) is 24.5 Å². The minimum absolute atomic E-state index is 0.126. The molecule has 0 radical (unpaired) electrons. The first kappa shape index (κ1) is 20.1. The van der Waals surface area contributed by atoms with Crippen LogP contribution < -0.4 is 4.90 Å². The molecule has 2 aromatic rings. The zero-order chi connectivity index (χ0) is 21.2. The first-order valence-corrected chi connectivity index (χ1v) is 8.61. The summed E-state index contributed by atoms with van der Waals surface area (Å²) < 4.78 is 39.5. The van der Waals surface area contributed by atoms with Crippen LogP contribution in [0.5, 0.6) is 0 Å². The molecule has 0 N–H and O–H groups in total. The molecule has 0 bridgehead atoms. The summed E-state index contributed by atoms with van der Waals surface area (Å²) in [4.78, 5) is 26.0. The highest BCUT2D eigenvalue weighted by molar-refractivity contribution is 5.96. The van der Waals surface area contributed by atoms with Crippen LogP contribution in [0.15, 0.2) is 42.5 Å². The Hall–Kier alpha value is -3.61. The Bertz CT molecular complexity index is 993. The van der Waals surface area contributed by atoms with E-state index in [2.05, 4.69) is 0 Å². The van der Waals surface area contributed by atoms with Crippen molar-refractivity contribution >= 4 is 17.3 Å². The van der Waals surface area contributed by atoms with Gasteiger partial charge in [-0.05, 0) is 18.2 Å². The number of hydrogen-bond acceptors (Lipinski definition) is 5. The number of nitriles is 1. The summed E-state index contributed by atoms with van der Waals surface area (Å²) in [6.45, 7) is 0.887. The number of nitro groups is 1. The van der Waals surface area contributed by atoms with E-state index in [1.54, 1.807) is 4.90 Å². The van der Waals surface area contributed by atoms with Gasteiger partial charge < -0.3 is 9.80 Å². The Morgan fingerprint density at radius 2 is 1.76 bits per heavy atom. The van der Waals surface area contributed by atoms with Gasteiger partial charge in [-0.15, -0.1) is 0 Å². The van der Waals surface area contributed by atoms with E-state index in [1.165, 1.54) is 35.2 Å². The number of nitro benzene ring substituents is 1. The topological polar surface area (TPSA) is 90.5 Å². The lowest BCUT2D eigenvalue weighted by Crippen LogP contribution is -2.49. The van der Waals surface area contributed by atoms with Crippen molar-refractivity contribution in [3.05, 3.63) is 69.3 Å². The quantitative estimate of drug-likeness (QED) is 0.577. The summed E-state index contributed by atoms with van der Waals surface area (Å²) in [5.41, 5.74) is -0.971. The van der Waals surface area contributed by atoms with Gasteiger partial charge in [0.25, 0.3) is 11.6 Å². The number of carbonyl (C=O) groups excluding carboxylic acids is 1. The number of amides is 1. The van der Waals surface area contributed by atoms with Crippen molar-refractivity contribution in [1.29, 1.82) is 5.26 Å². The van der Waals surface area contributed by atoms with Crippen LogP contribution in [0.25, 0.3) is 0 Å². The molecule has 0 unspecified atom stereocenters. The lowest BCUT2D eigenvalue weighted by molar-refractivity contribution is -0.384. The van der Waals surface area contributed by atoms with Crippen molar-refractivity contribution in [3.8, 4) is 6.07 Å². The van der Waals surface area contributed by atoms with Crippen LogP contribution in [0.3, 0.4) is 0 Å². The molecule has 150 valence electrons. The first-order chi connectivity index (χ1) is 13.7. The van der Waals surface area contributed by atoms with Crippen LogP contribution in [-0.2, 0) is 6.18 Å². The maximum atomic E-state index is 13.2. The summed E-state index contributed by atoms with van der Waals surface area (Å²) in [6.07, 6.45) is -4.63. The number of rotatable bonds is 3. The van der Waals surface area contributed by atoms with Crippen molar-refractivity contribution in [2.75, 3.05) is 31.1 Å². The summed E-state index contributed by atoms with van der Waals surface area (Å²) in [7, 11) is 0. The molecular formula is C19H15F3N4O3. The second-order valence-corrected chi connectivity index (χ2v) is 6.39. The lowest BCUT2D eigenvalue weighted by Gasteiger charge is -2.36. The first-order valence-electron chi connectivity index (χ1n) is 8.61. The van der Waals surface area contributed by atoms with E-state index in [1.807, 2.05) is 6.07 Å². The average Bonchev–Trinajstić information content (AvgIpc) is 2.72. The molecule has 3 rings (SSSR count). The zero-order valence-corrected chi connectivity index (χ0v) is 15.0. The number of alkyl halides is 3. The van der Waals surface area contributed by atoms with E-state index in [-0.39, 0.29) is 37.4 Å². The maximum absolute atomic E-state index is 13.2. The van der Waals surface area contributed by atoms with Gasteiger partial charge in [-0.25, -0.2) is 0 Å². The van der Waals surface area contributed by atoms with Crippen LogP contribution in [0, 0.1) is 21.4 Å². The van der Waals surface area contributed by atoms with Crippen molar-refractivity contribution in [1.82, 2.24) is 4.90 Å². The summed E-state index contributed by atoms with van der Waals surface area (Å²) >= 11 is 0. The molecule has 7 nitrogen and oxygen atoms in total. The Morgan fingerprint density at radius 3 is 2.34 bits per heavy atom. The van der Waals surface area contributed by atoms with Gasteiger partial charge in [-0.2, -0.15) is 18.4 Å². The van der Waals surface area contributed by atoms with Gasteiger partial charge >= 0.3 is 6.18 Å². The maximum Gasteiger partial charge on any atom is 0.417 e. The van der Waals surface area contributed by atoms with Crippen molar-refractivity contribution in [2.24, 2.45) is 0 Å². The number of non-ortho nitro benzene ring substituents is 1.